The second-order valence-electron chi connectivity index (χ2n) is 10.2. The smallest absolute Gasteiger partial charge is 0.256 e. The van der Waals surface area contributed by atoms with E-state index in [0.717, 1.165) is 53.9 Å². The van der Waals surface area contributed by atoms with Crippen molar-refractivity contribution in [1.82, 2.24) is 24.8 Å². The molecule has 2 N–H and O–H groups in total. The van der Waals surface area contributed by atoms with Gasteiger partial charge in [-0.3, -0.25) is 14.2 Å². The van der Waals surface area contributed by atoms with Crippen LogP contribution in [0.5, 0.6) is 0 Å². The van der Waals surface area contributed by atoms with Crippen LogP contribution in [0.15, 0.2) is 65.5 Å². The van der Waals surface area contributed by atoms with Crippen molar-refractivity contribution >= 4 is 22.9 Å². The van der Waals surface area contributed by atoms with E-state index in [0.29, 0.717) is 35.3 Å². The lowest BCUT2D eigenvalue weighted by atomic mass is 9.99. The molecular weight excluding hydrogens is 538 g/mol. The van der Waals surface area contributed by atoms with Crippen LogP contribution < -0.4 is 16.2 Å². The molecule has 0 radical (unpaired) electrons. The maximum absolute atomic E-state index is 15.0. The first kappa shape index (κ1) is 30.5. The Hall–Kier alpha value is -4.44. The molecule has 0 aliphatic carbocycles. The summed E-state index contributed by atoms with van der Waals surface area (Å²) in [5, 5.41) is 6.46. The minimum absolute atomic E-state index is 0.0410. The summed E-state index contributed by atoms with van der Waals surface area (Å²) in [6.45, 7) is 15.3. The molecule has 2 aromatic carbocycles. The van der Waals surface area contributed by atoms with Crippen LogP contribution in [-0.2, 0) is 0 Å². The third-order valence-corrected chi connectivity index (χ3v) is 7.05. The van der Waals surface area contributed by atoms with Crippen molar-refractivity contribution < 1.29 is 13.6 Å². The monoisotopic (exact) mass is 574 g/mol. The Morgan fingerprint density at radius 1 is 1.05 bits per heavy atom. The quantitative estimate of drug-likeness (QED) is 0.172. The van der Waals surface area contributed by atoms with Crippen molar-refractivity contribution in [1.29, 1.82) is 0 Å². The number of benzene rings is 2. The molecule has 0 aliphatic rings. The van der Waals surface area contributed by atoms with E-state index in [1.54, 1.807) is 18.2 Å². The number of carbonyl (C=O) groups excluding carboxylic acids is 1. The van der Waals surface area contributed by atoms with Crippen LogP contribution in [0.4, 0.5) is 14.7 Å². The van der Waals surface area contributed by atoms with Crippen LogP contribution in [0.25, 0.3) is 28.0 Å². The zero-order chi connectivity index (χ0) is 30.4. The van der Waals surface area contributed by atoms with Crippen LogP contribution in [-0.4, -0.2) is 58.1 Å². The molecule has 2 aromatic heterocycles. The lowest BCUT2D eigenvalue weighted by molar-refractivity contribution is 0.0957. The topological polar surface area (TPSA) is 92.2 Å². The Kier molecular flexibility index (Phi) is 9.80. The summed E-state index contributed by atoms with van der Waals surface area (Å²) in [6.07, 6.45) is 0.805. The Morgan fingerprint density at radius 3 is 2.43 bits per heavy atom. The molecule has 8 nitrogen and oxygen atoms in total. The van der Waals surface area contributed by atoms with Gasteiger partial charge in [-0.25, -0.2) is 13.8 Å². The van der Waals surface area contributed by atoms with Gasteiger partial charge in [-0.2, -0.15) is 4.98 Å². The Labute approximate surface area is 244 Å². The molecule has 0 saturated carbocycles. The molecule has 0 aliphatic heterocycles. The molecule has 220 valence electrons. The number of amides is 1. The van der Waals surface area contributed by atoms with Gasteiger partial charge in [-0.05, 0) is 75.8 Å². The average molecular weight is 575 g/mol. The van der Waals surface area contributed by atoms with Gasteiger partial charge in [-0.15, -0.1) is 0 Å². The molecule has 1 amide bonds. The predicted octanol–water partition coefficient (Wildman–Crippen LogP) is 5.48. The maximum atomic E-state index is 15.0. The summed E-state index contributed by atoms with van der Waals surface area (Å²) in [6, 6.07) is 11.4. The fraction of sp³-hybridized carbons (Fsp3) is 0.312. The van der Waals surface area contributed by atoms with Crippen LogP contribution in [0.2, 0.25) is 0 Å². The number of aromatic nitrogens is 3. The molecule has 0 atom stereocenters. The van der Waals surface area contributed by atoms with Crippen molar-refractivity contribution in [2.24, 2.45) is 0 Å². The SMILES string of the molecule is C=C(C)CNC(=O)c1ccc(C)c(-c2nc(NCCCN(CC)CC)nc3c2ccc(=O)n3-c2c(F)cccc2F)c1. The number of aryl methyl sites for hydroxylation is 1. The number of pyridine rings is 1. The lowest BCUT2D eigenvalue weighted by Crippen LogP contribution is -2.26. The van der Waals surface area contributed by atoms with Gasteiger partial charge in [0.1, 0.15) is 17.3 Å². The van der Waals surface area contributed by atoms with E-state index in [9.17, 15) is 18.4 Å². The average Bonchev–Trinajstić information content (AvgIpc) is 2.96. The minimum Gasteiger partial charge on any atom is -0.354 e. The van der Waals surface area contributed by atoms with Crippen molar-refractivity contribution in [3.63, 3.8) is 0 Å². The highest BCUT2D eigenvalue weighted by Gasteiger charge is 2.21. The largest absolute Gasteiger partial charge is 0.354 e. The number of nitrogens with one attached hydrogen (secondary N) is 2. The summed E-state index contributed by atoms with van der Waals surface area (Å²) < 4.78 is 30.9. The van der Waals surface area contributed by atoms with E-state index in [4.69, 9.17) is 4.98 Å². The second kappa shape index (κ2) is 13.5. The summed E-state index contributed by atoms with van der Waals surface area (Å²) in [4.78, 5) is 37.7. The van der Waals surface area contributed by atoms with Crippen LogP contribution in [0.1, 0.15) is 43.1 Å². The molecule has 42 heavy (non-hydrogen) atoms. The first-order valence-electron chi connectivity index (χ1n) is 14.0. The van der Waals surface area contributed by atoms with Crippen molar-refractivity contribution in [2.45, 2.75) is 34.1 Å². The summed E-state index contributed by atoms with van der Waals surface area (Å²) in [5.41, 5.74) is 1.95. The van der Waals surface area contributed by atoms with Crippen LogP contribution in [0.3, 0.4) is 0 Å². The van der Waals surface area contributed by atoms with Gasteiger partial charge in [-0.1, -0.05) is 38.1 Å². The van der Waals surface area contributed by atoms with Gasteiger partial charge in [0.25, 0.3) is 11.5 Å². The van der Waals surface area contributed by atoms with E-state index < -0.39 is 22.9 Å². The van der Waals surface area contributed by atoms with Gasteiger partial charge in [0.15, 0.2) is 5.65 Å². The van der Waals surface area contributed by atoms with E-state index >= 15 is 0 Å². The fourth-order valence-corrected chi connectivity index (χ4v) is 4.71. The van der Waals surface area contributed by atoms with Crippen molar-refractivity contribution in [3.05, 3.63) is 93.8 Å². The number of carbonyl (C=O) groups is 1. The number of halogens is 2. The number of rotatable bonds is 12. The zero-order valence-electron chi connectivity index (χ0n) is 24.4. The number of hydrogen-bond donors (Lipinski definition) is 2. The van der Waals surface area contributed by atoms with Crippen molar-refractivity contribution in [3.8, 4) is 16.9 Å². The van der Waals surface area contributed by atoms with E-state index in [2.05, 4.69) is 40.9 Å². The summed E-state index contributed by atoms with van der Waals surface area (Å²) >= 11 is 0. The second-order valence-corrected chi connectivity index (χ2v) is 10.2. The third-order valence-electron chi connectivity index (χ3n) is 7.05. The normalized spacial score (nSPS) is 11.2. The molecule has 4 aromatic rings. The number of fused-ring (bicyclic) bond motifs is 1. The highest BCUT2D eigenvalue weighted by atomic mass is 19.1. The van der Waals surface area contributed by atoms with E-state index in [1.807, 2.05) is 19.9 Å². The highest BCUT2D eigenvalue weighted by Crippen LogP contribution is 2.31. The standard InChI is InChI=1S/C32H36F2N6O2/c1-6-39(7-2)17-9-16-35-32-37-28(24-18-22(13-12-21(24)5)31(42)36-19-20(3)4)23-14-15-27(41)40(30(23)38-32)29-25(33)10-8-11-26(29)34/h8,10-15,18H,3,6-7,9,16-17,19H2,1-2,4-5H3,(H,36,42)(H,35,37,38). The third kappa shape index (κ3) is 6.71. The maximum Gasteiger partial charge on any atom is 0.256 e. The van der Waals surface area contributed by atoms with Crippen LogP contribution in [0, 0.1) is 18.6 Å². The lowest BCUT2D eigenvalue weighted by Gasteiger charge is -2.18. The summed E-state index contributed by atoms with van der Waals surface area (Å²) in [7, 11) is 0. The molecule has 0 spiro atoms. The molecule has 0 unspecified atom stereocenters. The number of nitrogens with zero attached hydrogens (tertiary/aromatic N) is 4. The minimum atomic E-state index is -0.897. The predicted molar refractivity (Wildman–Crippen MR) is 163 cm³/mol. The molecular formula is C32H36F2N6O2. The van der Waals surface area contributed by atoms with Gasteiger partial charge in [0, 0.05) is 35.7 Å². The van der Waals surface area contributed by atoms with Crippen LogP contribution >= 0.6 is 0 Å². The molecule has 0 bridgehead atoms. The van der Waals surface area contributed by atoms with E-state index in [-0.39, 0.29) is 17.5 Å². The molecule has 0 fully saturated rings. The zero-order valence-corrected chi connectivity index (χ0v) is 24.4. The molecule has 4 rings (SSSR count). The van der Waals surface area contributed by atoms with Gasteiger partial charge in [0.05, 0.1) is 5.69 Å². The first-order chi connectivity index (χ1) is 20.1. The van der Waals surface area contributed by atoms with Gasteiger partial charge < -0.3 is 15.5 Å². The van der Waals surface area contributed by atoms with Crippen molar-refractivity contribution in [2.75, 3.05) is 38.0 Å². The summed E-state index contributed by atoms with van der Waals surface area (Å²) in [5.74, 6) is -1.88. The Bertz CT molecular complexity index is 1660. The molecule has 10 heteroatoms. The Morgan fingerprint density at radius 2 is 1.76 bits per heavy atom. The first-order valence-corrected chi connectivity index (χ1v) is 14.0. The van der Waals surface area contributed by atoms with Gasteiger partial charge in [0.2, 0.25) is 5.95 Å². The number of hydrogen-bond acceptors (Lipinski definition) is 6. The van der Waals surface area contributed by atoms with E-state index in [1.165, 1.54) is 12.1 Å². The Balaban J connectivity index is 1.90. The number of para-hydroxylation sites is 1. The highest BCUT2D eigenvalue weighted by molar-refractivity contribution is 5.98. The number of anilines is 1. The fourth-order valence-electron chi connectivity index (χ4n) is 4.71. The van der Waals surface area contributed by atoms with Gasteiger partial charge >= 0.3 is 0 Å². The molecule has 2 heterocycles. The molecule has 0 saturated heterocycles.